The number of fused-ring (bicyclic) bond motifs is 2. The first kappa shape index (κ1) is 36.9. The van der Waals surface area contributed by atoms with Gasteiger partial charge in [0.25, 0.3) is 0 Å². The molecule has 0 fully saturated rings. The Hall–Kier alpha value is -1.96. The van der Waals surface area contributed by atoms with Crippen LogP contribution in [0, 0.1) is 19.8 Å². The van der Waals surface area contributed by atoms with E-state index in [1.807, 2.05) is 0 Å². The van der Waals surface area contributed by atoms with E-state index in [2.05, 4.69) is 163 Å². The first-order valence-electron chi connectivity index (χ1n) is 16.5. The molecule has 46 heavy (non-hydrogen) atoms. The van der Waals surface area contributed by atoms with Crippen molar-refractivity contribution in [2.45, 2.75) is 77.3 Å². The van der Waals surface area contributed by atoms with E-state index in [1.165, 1.54) is 50.1 Å². The van der Waals surface area contributed by atoms with Crippen molar-refractivity contribution in [1.82, 2.24) is 0 Å². The average Bonchev–Trinajstić information content (AvgIpc) is 3.51. The minimum Gasteiger partial charge on any atom is -0.147 e. The van der Waals surface area contributed by atoms with Gasteiger partial charge in [0.1, 0.15) is 0 Å². The standard InChI is InChI=1S/C21H23.C19H19.2CH3.2ClH.H2Si.Zr/c1-14-10-17-11-15(2)13-20(17)19(12-14)16-6-8-18(9-7-16)21(3,4)5;1-13(2)16-11-15-8-6-10-18(19(15)12-16)17-9-5-4-7-14(17)3;;;;;;/h6-13H,1-5H3;4-13H,1-3H3;2*1H3;2*1H;1H2;. The number of benzene rings is 4. The van der Waals surface area contributed by atoms with Crippen LogP contribution in [0.3, 0.4) is 0 Å². The first-order chi connectivity index (χ1) is 20.6. The molecule has 242 valence electrons. The predicted molar refractivity (Wildman–Crippen MR) is 209 cm³/mol. The third kappa shape index (κ3) is 6.18. The van der Waals surface area contributed by atoms with E-state index in [1.54, 1.807) is 22.3 Å². The SMILES string of the molecule is CC1=Cc2c(-c3ccc(C(C)(C)C)cc3)cc(C)cc2[CH]1[Zr]([CH3])([CH3])(=[SiH2])[CH]1C(C(C)C)=Cc2c(-c3ccccc3C)cccc21.Cl.Cl. The summed E-state index contributed by atoms with van der Waals surface area (Å²) in [5.74, 6) is 0.509. The molecular formula is C42H52Cl2SiZr. The molecule has 2 atom stereocenters. The van der Waals surface area contributed by atoms with Crippen molar-refractivity contribution in [3.63, 3.8) is 0 Å². The zero-order valence-electron chi connectivity index (χ0n) is 29.4. The van der Waals surface area contributed by atoms with E-state index < -0.39 is 17.4 Å². The van der Waals surface area contributed by atoms with Crippen molar-refractivity contribution >= 4 is 43.8 Å². The molecule has 2 aliphatic carbocycles. The van der Waals surface area contributed by atoms with Gasteiger partial charge in [0.15, 0.2) is 0 Å². The summed E-state index contributed by atoms with van der Waals surface area (Å²) < 4.78 is 6.57. The molecule has 6 rings (SSSR count). The molecule has 0 radical (unpaired) electrons. The number of allylic oxidation sites excluding steroid dienone is 2. The third-order valence-corrected chi connectivity index (χ3v) is 28.3. The second-order valence-electron chi connectivity index (χ2n) is 16.3. The van der Waals surface area contributed by atoms with Crippen molar-refractivity contribution in [3.8, 4) is 22.3 Å². The molecular weight excluding hydrogens is 695 g/mol. The van der Waals surface area contributed by atoms with Crippen molar-refractivity contribution in [2.75, 3.05) is 0 Å². The van der Waals surface area contributed by atoms with Gasteiger partial charge in [0, 0.05) is 0 Å². The van der Waals surface area contributed by atoms with Crippen molar-refractivity contribution in [1.29, 1.82) is 0 Å². The van der Waals surface area contributed by atoms with Crippen LogP contribution in [0.1, 0.15) is 87.7 Å². The van der Waals surface area contributed by atoms with Gasteiger partial charge in [-0.05, 0) is 0 Å². The van der Waals surface area contributed by atoms with Crippen LogP contribution in [0.5, 0.6) is 0 Å². The topological polar surface area (TPSA) is 0 Å². The van der Waals surface area contributed by atoms with Gasteiger partial charge in [-0.15, -0.1) is 24.8 Å². The smallest absolute Gasteiger partial charge is 0.147 e. The predicted octanol–water partition coefficient (Wildman–Crippen LogP) is 12.4. The van der Waals surface area contributed by atoms with Gasteiger partial charge in [0.2, 0.25) is 0 Å². The van der Waals surface area contributed by atoms with Crippen LogP contribution in [-0.2, 0) is 22.8 Å². The first-order valence-corrected chi connectivity index (χ1v) is 30.2. The molecule has 0 saturated carbocycles. The number of rotatable bonds is 5. The molecule has 2 unspecified atom stereocenters. The van der Waals surface area contributed by atoms with Crippen LogP contribution < -0.4 is 0 Å². The van der Waals surface area contributed by atoms with Crippen LogP contribution in [0.15, 0.2) is 90.0 Å². The molecule has 2 aliphatic rings. The summed E-state index contributed by atoms with van der Waals surface area (Å²) in [6, 6.07) is 30.4. The summed E-state index contributed by atoms with van der Waals surface area (Å²) >= 11 is -3.67. The quantitative estimate of drug-likeness (QED) is 0.178. The maximum atomic E-state index is 2.77. The van der Waals surface area contributed by atoms with Gasteiger partial charge in [-0.2, -0.15) is 0 Å². The molecule has 4 aromatic carbocycles. The zero-order valence-corrected chi connectivity index (χ0v) is 34.9. The van der Waals surface area contributed by atoms with Gasteiger partial charge in [0.05, 0.1) is 0 Å². The normalized spacial score (nSPS) is 17.5. The molecule has 4 heteroatoms. The summed E-state index contributed by atoms with van der Waals surface area (Å²) in [4.78, 5) is 0. The minimum atomic E-state index is -3.67. The molecule has 0 bridgehead atoms. The Morgan fingerprint density at radius 3 is 1.89 bits per heavy atom. The zero-order chi connectivity index (χ0) is 31.8. The van der Waals surface area contributed by atoms with Crippen LogP contribution in [0.4, 0.5) is 0 Å². The van der Waals surface area contributed by atoms with Crippen molar-refractivity contribution in [2.24, 2.45) is 5.92 Å². The molecule has 0 aliphatic heterocycles. The van der Waals surface area contributed by atoms with Gasteiger partial charge in [-0.3, -0.25) is 0 Å². The number of hydrogen-bond acceptors (Lipinski definition) is 0. The Labute approximate surface area is 293 Å². The molecule has 4 aromatic rings. The van der Waals surface area contributed by atoms with Gasteiger partial charge in [-0.1, -0.05) is 0 Å². The van der Waals surface area contributed by atoms with E-state index in [4.69, 9.17) is 0 Å². The van der Waals surface area contributed by atoms with E-state index in [0.29, 0.717) is 13.2 Å². The maximum Gasteiger partial charge on any atom is -0.147 e. The number of hydrogen-bond donors (Lipinski definition) is 0. The second kappa shape index (κ2) is 12.8. The van der Waals surface area contributed by atoms with Crippen molar-refractivity contribution in [3.05, 3.63) is 129 Å². The Morgan fingerprint density at radius 1 is 0.674 bits per heavy atom. The summed E-state index contributed by atoms with van der Waals surface area (Å²) in [6.07, 6.45) is 5.16. The molecule has 0 heterocycles. The summed E-state index contributed by atoms with van der Waals surface area (Å²) in [7, 11) is 0. The molecule has 0 saturated heterocycles. The monoisotopic (exact) mass is 744 g/mol. The van der Waals surface area contributed by atoms with Gasteiger partial charge in [-0.25, -0.2) is 0 Å². The number of halogens is 2. The van der Waals surface area contributed by atoms with Gasteiger partial charge >= 0.3 is 271 Å². The Kier molecular flexibility index (Phi) is 10.3. The van der Waals surface area contributed by atoms with Crippen LogP contribution in [0.2, 0.25) is 9.26 Å². The molecule has 0 nitrogen and oxygen atoms in total. The Morgan fingerprint density at radius 2 is 1.28 bits per heavy atom. The summed E-state index contributed by atoms with van der Waals surface area (Å²) in [5, 5.41) is 0. The molecule has 0 spiro atoms. The number of aryl methyl sites for hydroxylation is 2. The average molecular weight is 747 g/mol. The van der Waals surface area contributed by atoms with E-state index in [-0.39, 0.29) is 30.2 Å². The largest absolute Gasteiger partial charge is 0.147 e. The Balaban J connectivity index is 0.00000240. The summed E-state index contributed by atoms with van der Waals surface area (Å²) in [6.45, 7) is 21.2. The van der Waals surface area contributed by atoms with Crippen LogP contribution >= 0.6 is 24.8 Å². The molecule has 0 N–H and O–H groups in total. The van der Waals surface area contributed by atoms with Gasteiger partial charge < -0.3 is 0 Å². The van der Waals surface area contributed by atoms with E-state index in [9.17, 15) is 0 Å². The van der Waals surface area contributed by atoms with Crippen LogP contribution in [-0.4, -0.2) is 6.88 Å². The minimum absolute atomic E-state index is 0. The fraction of sp³-hybridized carbons (Fsp3) is 0.333. The maximum absolute atomic E-state index is 3.67. The third-order valence-electron chi connectivity index (χ3n) is 10.7. The second-order valence-corrected chi connectivity index (χ2v) is 46.7. The van der Waals surface area contributed by atoms with E-state index in [0.717, 1.165) is 0 Å². The van der Waals surface area contributed by atoms with Crippen molar-refractivity contribution < 1.29 is 17.4 Å². The Bertz CT molecular complexity index is 1930. The van der Waals surface area contributed by atoms with E-state index >= 15 is 0 Å². The fourth-order valence-corrected chi connectivity index (χ4v) is 29.2. The fourth-order valence-electron chi connectivity index (χ4n) is 8.69. The molecule has 0 amide bonds. The molecule has 0 aromatic heterocycles. The summed E-state index contributed by atoms with van der Waals surface area (Å²) in [5.41, 5.74) is 19.0. The van der Waals surface area contributed by atoms with Crippen LogP contribution in [0.25, 0.3) is 34.4 Å².